The van der Waals surface area contributed by atoms with Crippen molar-refractivity contribution in [2.24, 2.45) is 5.92 Å². The van der Waals surface area contributed by atoms with Gasteiger partial charge in [-0.15, -0.1) is 10.2 Å². The van der Waals surface area contributed by atoms with Gasteiger partial charge in [0.25, 0.3) is 0 Å². The highest BCUT2D eigenvalue weighted by Crippen LogP contribution is 2.42. The number of halogens is 3. The van der Waals surface area contributed by atoms with Crippen molar-refractivity contribution in [2.45, 2.75) is 37.8 Å². The Morgan fingerprint density at radius 3 is 2.50 bits per heavy atom. The number of anilines is 1. The molecule has 28 heavy (non-hydrogen) atoms. The highest BCUT2D eigenvalue weighted by molar-refractivity contribution is 5.67. The Balaban J connectivity index is 1.52. The largest absolute Gasteiger partial charge is 0.422 e. The van der Waals surface area contributed by atoms with Crippen molar-refractivity contribution in [1.29, 1.82) is 0 Å². The van der Waals surface area contributed by atoms with E-state index in [2.05, 4.69) is 10.2 Å². The SMILES string of the molecule is FC(F)(F)c1c(N2CCC(c3ccccc3)C2)ccn2c(CC3CC3)nnc12. The summed E-state index contributed by atoms with van der Waals surface area (Å²) in [5, 5.41) is 8.02. The maximum absolute atomic E-state index is 14.0. The monoisotopic (exact) mass is 386 g/mol. The van der Waals surface area contributed by atoms with Crippen LogP contribution in [-0.2, 0) is 12.6 Å². The molecule has 2 aromatic heterocycles. The van der Waals surface area contributed by atoms with Gasteiger partial charge in [-0.05, 0) is 36.8 Å². The minimum Gasteiger partial charge on any atom is -0.370 e. The Morgan fingerprint density at radius 2 is 1.79 bits per heavy atom. The number of rotatable bonds is 4. The average molecular weight is 386 g/mol. The third kappa shape index (κ3) is 3.12. The molecule has 2 aliphatic rings. The summed E-state index contributed by atoms with van der Waals surface area (Å²) in [6.45, 7) is 1.17. The van der Waals surface area contributed by atoms with Crippen LogP contribution < -0.4 is 4.90 Å². The van der Waals surface area contributed by atoms with Crippen molar-refractivity contribution in [3.63, 3.8) is 0 Å². The van der Waals surface area contributed by atoms with E-state index in [0.717, 1.165) is 19.3 Å². The lowest BCUT2D eigenvalue weighted by atomic mass is 9.99. The van der Waals surface area contributed by atoms with Crippen LogP contribution in [0.1, 0.15) is 42.1 Å². The molecule has 1 aromatic carbocycles. The van der Waals surface area contributed by atoms with Gasteiger partial charge in [0, 0.05) is 31.6 Å². The van der Waals surface area contributed by atoms with Crippen LogP contribution in [0.5, 0.6) is 0 Å². The van der Waals surface area contributed by atoms with Crippen LogP contribution in [0.2, 0.25) is 0 Å². The lowest BCUT2D eigenvalue weighted by Gasteiger charge is -2.23. The molecule has 0 amide bonds. The summed E-state index contributed by atoms with van der Waals surface area (Å²) in [5.74, 6) is 1.39. The van der Waals surface area contributed by atoms with E-state index in [1.807, 2.05) is 35.2 Å². The summed E-state index contributed by atoms with van der Waals surface area (Å²) in [6, 6.07) is 11.6. The minimum atomic E-state index is -4.48. The zero-order valence-electron chi connectivity index (χ0n) is 15.4. The molecule has 0 spiro atoms. The second-order valence-electron chi connectivity index (χ2n) is 7.87. The number of hydrogen-bond donors (Lipinski definition) is 0. The van der Waals surface area contributed by atoms with E-state index in [9.17, 15) is 13.2 Å². The van der Waals surface area contributed by atoms with Crippen molar-refractivity contribution in [2.75, 3.05) is 18.0 Å². The molecule has 1 unspecified atom stereocenters. The van der Waals surface area contributed by atoms with Gasteiger partial charge >= 0.3 is 6.18 Å². The number of pyridine rings is 1. The first-order chi connectivity index (χ1) is 13.5. The number of hydrogen-bond acceptors (Lipinski definition) is 3. The van der Waals surface area contributed by atoms with E-state index < -0.39 is 11.7 Å². The number of nitrogens with zero attached hydrogens (tertiary/aromatic N) is 4. The fraction of sp³-hybridized carbons (Fsp3) is 0.429. The van der Waals surface area contributed by atoms with E-state index in [0.29, 0.717) is 31.3 Å². The van der Waals surface area contributed by atoms with E-state index in [1.54, 1.807) is 12.3 Å². The summed E-state index contributed by atoms with van der Waals surface area (Å²) >= 11 is 0. The fourth-order valence-electron chi connectivity index (χ4n) is 4.23. The minimum absolute atomic E-state index is 0.0798. The van der Waals surface area contributed by atoms with Crippen LogP contribution >= 0.6 is 0 Å². The highest BCUT2D eigenvalue weighted by Gasteiger charge is 2.40. The standard InChI is InChI=1S/C21H21F3N4/c22-21(23,24)19-17(27-10-8-16(13-27)15-4-2-1-3-5-15)9-11-28-18(12-14-6-7-14)25-26-20(19)28/h1-5,9,11,14,16H,6-8,10,12-13H2. The van der Waals surface area contributed by atoms with Crippen LogP contribution in [0.3, 0.4) is 0 Å². The molecule has 1 saturated heterocycles. The zero-order chi connectivity index (χ0) is 19.3. The first kappa shape index (κ1) is 17.5. The predicted octanol–water partition coefficient (Wildman–Crippen LogP) is 4.69. The molecular formula is C21H21F3N4. The first-order valence-corrected chi connectivity index (χ1v) is 9.74. The van der Waals surface area contributed by atoms with Gasteiger partial charge < -0.3 is 4.90 Å². The molecule has 0 bridgehead atoms. The van der Waals surface area contributed by atoms with Gasteiger partial charge in [0.1, 0.15) is 11.4 Å². The van der Waals surface area contributed by atoms with Crippen molar-refractivity contribution in [3.05, 3.63) is 59.5 Å². The molecule has 0 radical (unpaired) electrons. The van der Waals surface area contributed by atoms with Gasteiger partial charge in [0.15, 0.2) is 5.65 Å². The van der Waals surface area contributed by atoms with Gasteiger partial charge in [-0.2, -0.15) is 13.2 Å². The molecule has 2 fully saturated rings. The van der Waals surface area contributed by atoms with Gasteiger partial charge in [0.05, 0.1) is 5.69 Å². The normalized spacial score (nSPS) is 20.2. The van der Waals surface area contributed by atoms with Crippen LogP contribution in [0.15, 0.2) is 42.6 Å². The quantitative estimate of drug-likeness (QED) is 0.652. The molecule has 1 atom stereocenters. The Hall–Kier alpha value is -2.57. The maximum atomic E-state index is 14.0. The maximum Gasteiger partial charge on any atom is 0.422 e. The second-order valence-corrected chi connectivity index (χ2v) is 7.87. The molecule has 1 aliphatic carbocycles. The van der Waals surface area contributed by atoms with Crippen molar-refractivity contribution >= 4 is 11.3 Å². The van der Waals surface area contributed by atoms with Crippen LogP contribution in [-0.4, -0.2) is 27.7 Å². The molecule has 3 heterocycles. The summed E-state index contributed by atoms with van der Waals surface area (Å²) in [6.07, 6.45) is 0.991. The molecule has 7 heteroatoms. The summed E-state index contributed by atoms with van der Waals surface area (Å²) in [7, 11) is 0. The fourth-order valence-corrected chi connectivity index (χ4v) is 4.23. The smallest absolute Gasteiger partial charge is 0.370 e. The third-order valence-corrected chi connectivity index (χ3v) is 5.88. The number of fused-ring (bicyclic) bond motifs is 1. The Morgan fingerprint density at radius 1 is 1.00 bits per heavy atom. The van der Waals surface area contributed by atoms with Gasteiger partial charge in [-0.25, -0.2) is 0 Å². The Labute approximate surface area is 161 Å². The number of alkyl halides is 3. The zero-order valence-corrected chi connectivity index (χ0v) is 15.4. The van der Waals surface area contributed by atoms with Crippen LogP contribution in [0, 0.1) is 5.92 Å². The molecule has 4 nitrogen and oxygen atoms in total. The molecular weight excluding hydrogens is 365 g/mol. The number of benzene rings is 1. The van der Waals surface area contributed by atoms with Crippen LogP contribution in [0.4, 0.5) is 18.9 Å². The molecule has 5 rings (SSSR count). The first-order valence-electron chi connectivity index (χ1n) is 9.74. The molecule has 3 aromatic rings. The molecule has 1 saturated carbocycles. The summed E-state index contributed by atoms with van der Waals surface area (Å²) < 4.78 is 43.6. The predicted molar refractivity (Wildman–Crippen MR) is 100 cm³/mol. The van der Waals surface area contributed by atoms with Gasteiger partial charge in [-0.1, -0.05) is 30.3 Å². The van der Waals surface area contributed by atoms with Crippen LogP contribution in [0.25, 0.3) is 5.65 Å². The molecule has 146 valence electrons. The molecule has 0 N–H and O–H groups in total. The Kier molecular flexibility index (Phi) is 4.07. The van der Waals surface area contributed by atoms with Gasteiger partial charge in [-0.3, -0.25) is 4.40 Å². The van der Waals surface area contributed by atoms with E-state index in [1.165, 1.54) is 9.96 Å². The van der Waals surface area contributed by atoms with E-state index in [4.69, 9.17) is 0 Å². The van der Waals surface area contributed by atoms with Gasteiger partial charge in [0.2, 0.25) is 0 Å². The highest BCUT2D eigenvalue weighted by atomic mass is 19.4. The van der Waals surface area contributed by atoms with Crippen molar-refractivity contribution in [1.82, 2.24) is 14.6 Å². The number of aromatic nitrogens is 3. The Bertz CT molecular complexity index is 992. The van der Waals surface area contributed by atoms with Crippen molar-refractivity contribution < 1.29 is 13.2 Å². The van der Waals surface area contributed by atoms with Crippen molar-refractivity contribution in [3.8, 4) is 0 Å². The molecule has 1 aliphatic heterocycles. The second kappa shape index (κ2) is 6.50. The lowest BCUT2D eigenvalue weighted by Crippen LogP contribution is -2.24. The third-order valence-electron chi connectivity index (χ3n) is 5.88. The lowest BCUT2D eigenvalue weighted by molar-refractivity contribution is -0.136. The summed E-state index contributed by atoms with van der Waals surface area (Å²) in [5.41, 5.74) is 0.639. The van der Waals surface area contributed by atoms with E-state index in [-0.39, 0.29) is 17.3 Å². The summed E-state index contributed by atoms with van der Waals surface area (Å²) in [4.78, 5) is 1.84. The topological polar surface area (TPSA) is 33.4 Å². The average Bonchev–Trinajstić information content (AvgIpc) is 3.20. The van der Waals surface area contributed by atoms with E-state index >= 15 is 0 Å².